The van der Waals surface area contributed by atoms with Crippen molar-refractivity contribution in [2.75, 3.05) is 6.54 Å². The van der Waals surface area contributed by atoms with Gasteiger partial charge in [-0.1, -0.05) is 0 Å². The van der Waals surface area contributed by atoms with Crippen LogP contribution in [0, 0.1) is 23.5 Å². The van der Waals surface area contributed by atoms with E-state index in [1.165, 1.54) is 4.90 Å². The summed E-state index contributed by atoms with van der Waals surface area (Å²) in [6.07, 6.45) is 0.556. The van der Waals surface area contributed by atoms with Crippen LogP contribution in [0.15, 0.2) is 12.1 Å². The number of carboxylic acids is 2. The molecular weight excluding hydrogens is 428 g/mol. The highest BCUT2D eigenvalue weighted by Gasteiger charge is 2.45. The number of rotatable bonds is 4. The Labute approximate surface area is 184 Å². The number of carbonyl (C=O) groups is 3. The van der Waals surface area contributed by atoms with Crippen LogP contribution in [-0.4, -0.2) is 57.4 Å². The van der Waals surface area contributed by atoms with Crippen LogP contribution in [0.5, 0.6) is 5.75 Å². The fourth-order valence-electron chi connectivity index (χ4n) is 4.44. The summed E-state index contributed by atoms with van der Waals surface area (Å²) in [6, 6.07) is 0.247. The monoisotopic (exact) mass is 455 g/mol. The zero-order valence-electron chi connectivity index (χ0n) is 18.1. The molecule has 32 heavy (non-hydrogen) atoms. The van der Waals surface area contributed by atoms with Gasteiger partial charge in [-0.05, 0) is 64.4 Å². The van der Waals surface area contributed by atoms with Gasteiger partial charge in [-0.15, -0.1) is 0 Å². The Hall–Kier alpha value is -2.91. The van der Waals surface area contributed by atoms with E-state index < -0.39 is 53.0 Å². The van der Waals surface area contributed by atoms with Crippen LogP contribution in [0.2, 0.25) is 0 Å². The van der Waals surface area contributed by atoms with Gasteiger partial charge in [0, 0.05) is 12.6 Å². The maximum absolute atomic E-state index is 13.7. The van der Waals surface area contributed by atoms with Crippen LogP contribution in [-0.2, 0) is 9.53 Å². The molecule has 0 spiro atoms. The van der Waals surface area contributed by atoms with Gasteiger partial charge in [0.2, 0.25) is 0 Å². The minimum atomic E-state index is -1.44. The molecule has 4 atom stereocenters. The molecule has 2 fully saturated rings. The third-order valence-corrected chi connectivity index (χ3v) is 5.88. The molecule has 2 N–H and O–H groups in total. The van der Waals surface area contributed by atoms with Gasteiger partial charge in [-0.25, -0.2) is 23.2 Å². The smallest absolute Gasteiger partial charge is 0.411 e. The molecule has 0 aromatic heterocycles. The molecule has 1 aromatic rings. The first kappa shape index (κ1) is 23.7. The number of carbonyl (C=O) groups excluding carboxylic acids is 1. The van der Waals surface area contributed by atoms with Crippen LogP contribution in [0.3, 0.4) is 0 Å². The van der Waals surface area contributed by atoms with Crippen molar-refractivity contribution in [3.63, 3.8) is 0 Å². The van der Waals surface area contributed by atoms with Crippen molar-refractivity contribution in [1.29, 1.82) is 0 Å². The van der Waals surface area contributed by atoms with Gasteiger partial charge < -0.3 is 19.7 Å². The Balaban J connectivity index is 1.73. The highest BCUT2D eigenvalue weighted by Crippen LogP contribution is 2.41. The van der Waals surface area contributed by atoms with Crippen LogP contribution in [0.25, 0.3) is 0 Å². The maximum atomic E-state index is 13.7. The van der Waals surface area contributed by atoms with E-state index in [2.05, 4.69) is 0 Å². The van der Waals surface area contributed by atoms with Gasteiger partial charge in [-0.3, -0.25) is 4.90 Å². The number of hydrogen-bond donors (Lipinski definition) is 2. The van der Waals surface area contributed by atoms with Crippen LogP contribution >= 0.6 is 0 Å². The summed E-state index contributed by atoms with van der Waals surface area (Å²) >= 11 is 0. The second kappa shape index (κ2) is 8.91. The predicted molar refractivity (Wildman–Crippen MR) is 108 cm³/mol. The number of nitrogens with zero attached hydrogens (tertiary/aromatic N) is 1. The van der Waals surface area contributed by atoms with Gasteiger partial charge in [-0.2, -0.15) is 0 Å². The summed E-state index contributed by atoms with van der Waals surface area (Å²) in [6.45, 7) is 5.35. The average Bonchev–Trinajstić information content (AvgIpc) is 2.67. The summed E-state index contributed by atoms with van der Waals surface area (Å²) < 4.78 is 38.2. The summed E-state index contributed by atoms with van der Waals surface area (Å²) in [4.78, 5) is 37.1. The lowest BCUT2D eigenvalue weighted by Gasteiger charge is -2.46. The Morgan fingerprint density at radius 1 is 1.03 bits per heavy atom. The molecule has 1 amide bonds. The quantitative estimate of drug-likeness (QED) is 0.707. The third kappa shape index (κ3) is 5.28. The number of halogens is 2. The van der Waals surface area contributed by atoms with E-state index in [0.29, 0.717) is 25.3 Å². The highest BCUT2D eigenvalue weighted by molar-refractivity contribution is 5.90. The Morgan fingerprint density at radius 2 is 1.69 bits per heavy atom. The van der Waals surface area contributed by atoms with E-state index >= 15 is 0 Å². The molecule has 1 saturated carbocycles. The Morgan fingerprint density at radius 3 is 2.28 bits per heavy atom. The molecule has 1 heterocycles. The van der Waals surface area contributed by atoms with Gasteiger partial charge in [0.05, 0.1) is 6.10 Å². The van der Waals surface area contributed by atoms with Gasteiger partial charge in [0.15, 0.2) is 11.6 Å². The second-order valence-corrected chi connectivity index (χ2v) is 9.36. The molecule has 2 aliphatic rings. The van der Waals surface area contributed by atoms with E-state index in [1.54, 1.807) is 20.8 Å². The van der Waals surface area contributed by atoms with E-state index in [4.69, 9.17) is 9.47 Å². The largest absolute Gasteiger partial charge is 0.489 e. The molecule has 3 rings (SSSR count). The van der Waals surface area contributed by atoms with Crippen molar-refractivity contribution in [3.8, 4) is 5.75 Å². The summed E-state index contributed by atoms with van der Waals surface area (Å²) in [5, 5.41) is 18.9. The number of fused-ring (bicyclic) bond motifs is 1. The molecule has 1 aliphatic carbocycles. The standard InChI is InChI=1S/C22H27F2NO7/c1-22(2,3)32-21(30)25-10-11-4-5-13(6-12(11)7-17(25)20(28)29)31-18-9-16(24)15(23)8-14(18)19(26)27/h8-9,11-13,17H,4-7,10H2,1-3H3,(H,26,27)(H,28,29)/t11-,12+,13-,17-/m0/s1. The van der Waals surface area contributed by atoms with E-state index in [0.717, 1.165) is 6.07 Å². The highest BCUT2D eigenvalue weighted by atomic mass is 19.2. The van der Waals surface area contributed by atoms with Crippen molar-refractivity contribution in [2.24, 2.45) is 11.8 Å². The summed E-state index contributed by atoms with van der Waals surface area (Å²) in [5.41, 5.74) is -1.23. The lowest BCUT2D eigenvalue weighted by molar-refractivity contribution is -0.147. The SMILES string of the molecule is CC(C)(C)OC(=O)N1C[C@@H]2CC[C@H](Oc3cc(F)c(F)cc3C(=O)O)C[C@@H]2C[C@H]1C(=O)O. The number of aliphatic carboxylic acids is 1. The fourth-order valence-corrected chi connectivity index (χ4v) is 4.44. The van der Waals surface area contributed by atoms with Gasteiger partial charge in [0.1, 0.15) is 23.0 Å². The predicted octanol–water partition coefficient (Wildman–Crippen LogP) is 3.92. The lowest BCUT2D eigenvalue weighted by atomic mass is 9.72. The number of ether oxygens (including phenoxy) is 2. The first-order chi connectivity index (χ1) is 14.9. The zero-order valence-corrected chi connectivity index (χ0v) is 18.1. The van der Waals surface area contributed by atoms with Crippen LogP contribution in [0.4, 0.5) is 13.6 Å². The Bertz CT molecular complexity index is 914. The number of carboxylic acid groups (broad SMARTS) is 2. The number of aromatic carboxylic acids is 1. The van der Waals surface area contributed by atoms with E-state index in [1.807, 2.05) is 0 Å². The summed E-state index contributed by atoms with van der Waals surface area (Å²) in [7, 11) is 0. The molecular formula is C22H27F2NO7. The first-order valence-electron chi connectivity index (χ1n) is 10.5. The van der Waals surface area contributed by atoms with E-state index in [9.17, 15) is 33.4 Å². The number of piperidine rings is 1. The first-order valence-corrected chi connectivity index (χ1v) is 10.5. The van der Waals surface area contributed by atoms with Crippen molar-refractivity contribution in [2.45, 2.75) is 64.2 Å². The molecule has 10 heteroatoms. The van der Waals surface area contributed by atoms with Gasteiger partial charge >= 0.3 is 18.0 Å². The van der Waals surface area contributed by atoms with Crippen molar-refractivity contribution in [1.82, 2.24) is 4.90 Å². The lowest BCUT2D eigenvalue weighted by Crippen LogP contribution is -2.56. The zero-order chi connectivity index (χ0) is 23.8. The van der Waals surface area contributed by atoms with Crippen molar-refractivity contribution in [3.05, 3.63) is 29.3 Å². The molecule has 1 aliphatic heterocycles. The van der Waals surface area contributed by atoms with Crippen LogP contribution < -0.4 is 4.74 Å². The maximum Gasteiger partial charge on any atom is 0.411 e. The third-order valence-electron chi connectivity index (χ3n) is 5.88. The number of amides is 1. The number of hydrogen-bond acceptors (Lipinski definition) is 5. The Kier molecular flexibility index (Phi) is 6.61. The van der Waals surface area contributed by atoms with Gasteiger partial charge in [0.25, 0.3) is 0 Å². The molecule has 0 radical (unpaired) electrons. The molecule has 0 bridgehead atoms. The normalized spacial score (nSPS) is 25.6. The topological polar surface area (TPSA) is 113 Å². The van der Waals surface area contributed by atoms with Crippen molar-refractivity contribution >= 4 is 18.0 Å². The molecule has 1 saturated heterocycles. The molecule has 8 nitrogen and oxygen atoms in total. The minimum Gasteiger partial charge on any atom is -0.489 e. The molecule has 1 aromatic carbocycles. The summed E-state index contributed by atoms with van der Waals surface area (Å²) in [5.74, 6) is -5.39. The fraction of sp³-hybridized carbons (Fsp3) is 0.591. The second-order valence-electron chi connectivity index (χ2n) is 9.36. The average molecular weight is 455 g/mol. The van der Waals surface area contributed by atoms with Crippen LogP contribution in [0.1, 0.15) is 56.8 Å². The minimum absolute atomic E-state index is 0.0295. The van der Waals surface area contributed by atoms with Crippen molar-refractivity contribution < 1.29 is 42.9 Å². The molecule has 0 unspecified atom stereocenters. The number of benzene rings is 1. The number of likely N-dealkylation sites (tertiary alicyclic amines) is 1. The molecule has 176 valence electrons. The van der Waals surface area contributed by atoms with E-state index in [-0.39, 0.29) is 30.6 Å².